The van der Waals surface area contributed by atoms with Crippen molar-refractivity contribution in [2.75, 3.05) is 7.05 Å². The summed E-state index contributed by atoms with van der Waals surface area (Å²) in [4.78, 5) is 0. The van der Waals surface area contributed by atoms with E-state index in [-0.39, 0.29) is 0 Å². The molecule has 0 radical (unpaired) electrons. The highest BCUT2D eigenvalue weighted by molar-refractivity contribution is 5.35. The first-order valence-electron chi connectivity index (χ1n) is 8.19. The van der Waals surface area contributed by atoms with E-state index in [9.17, 15) is 0 Å². The van der Waals surface area contributed by atoms with Gasteiger partial charge in [0.05, 0.1) is 0 Å². The number of benzene rings is 2. The molecule has 1 N–H and O–H groups in total. The molecule has 1 heteroatoms. The van der Waals surface area contributed by atoms with Crippen molar-refractivity contribution in [2.24, 2.45) is 0 Å². The second-order valence-electron chi connectivity index (χ2n) is 6.10. The van der Waals surface area contributed by atoms with Gasteiger partial charge in [-0.3, -0.25) is 0 Å². The fourth-order valence-electron chi connectivity index (χ4n) is 3.45. The third-order valence-electron chi connectivity index (χ3n) is 4.67. The summed E-state index contributed by atoms with van der Waals surface area (Å²) in [7, 11) is 2.06. The molecule has 2 aromatic carbocycles. The van der Waals surface area contributed by atoms with E-state index in [1.54, 1.807) is 11.1 Å². The Morgan fingerprint density at radius 3 is 2.62 bits per heavy atom. The molecule has 1 atom stereocenters. The monoisotopic (exact) mass is 279 g/mol. The first kappa shape index (κ1) is 14.3. The van der Waals surface area contributed by atoms with Crippen molar-refractivity contribution in [3.05, 3.63) is 70.8 Å². The van der Waals surface area contributed by atoms with Gasteiger partial charge in [-0.1, -0.05) is 48.5 Å². The summed E-state index contributed by atoms with van der Waals surface area (Å²) in [6, 6.07) is 18.4. The fourth-order valence-corrected chi connectivity index (χ4v) is 3.45. The van der Waals surface area contributed by atoms with Crippen LogP contribution in [0.1, 0.15) is 47.6 Å². The van der Waals surface area contributed by atoms with E-state index in [4.69, 9.17) is 0 Å². The molecular weight excluding hydrogens is 254 g/mol. The predicted octanol–water partition coefficient (Wildman–Crippen LogP) is 4.46. The summed E-state index contributed by atoms with van der Waals surface area (Å²) in [5.41, 5.74) is 6.09. The lowest BCUT2D eigenvalue weighted by Crippen LogP contribution is -2.16. The molecule has 2 aromatic rings. The molecule has 1 aliphatic carbocycles. The van der Waals surface area contributed by atoms with E-state index in [1.165, 1.54) is 49.7 Å². The van der Waals surface area contributed by atoms with Gasteiger partial charge in [-0.05, 0) is 67.8 Å². The average molecular weight is 279 g/mol. The zero-order chi connectivity index (χ0) is 14.5. The van der Waals surface area contributed by atoms with Crippen LogP contribution in [-0.2, 0) is 19.3 Å². The number of hydrogen-bond acceptors (Lipinski definition) is 1. The maximum absolute atomic E-state index is 3.45. The van der Waals surface area contributed by atoms with Gasteiger partial charge in [-0.15, -0.1) is 0 Å². The SMILES string of the molecule is CNC(CCCc1ccc2c(c1)CCC2)c1ccccc1. The van der Waals surface area contributed by atoms with Crippen LogP contribution >= 0.6 is 0 Å². The van der Waals surface area contributed by atoms with Gasteiger partial charge in [-0.2, -0.15) is 0 Å². The lowest BCUT2D eigenvalue weighted by Gasteiger charge is -2.16. The molecule has 110 valence electrons. The first-order valence-corrected chi connectivity index (χ1v) is 8.19. The second-order valence-corrected chi connectivity index (χ2v) is 6.10. The van der Waals surface area contributed by atoms with Crippen LogP contribution in [-0.4, -0.2) is 7.05 Å². The van der Waals surface area contributed by atoms with Crippen molar-refractivity contribution < 1.29 is 0 Å². The summed E-state index contributed by atoms with van der Waals surface area (Å²) < 4.78 is 0. The quantitative estimate of drug-likeness (QED) is 0.823. The van der Waals surface area contributed by atoms with Crippen molar-refractivity contribution in [3.63, 3.8) is 0 Å². The Morgan fingerprint density at radius 1 is 1.00 bits per heavy atom. The number of fused-ring (bicyclic) bond motifs is 1. The summed E-state index contributed by atoms with van der Waals surface area (Å²) >= 11 is 0. The Morgan fingerprint density at radius 2 is 1.81 bits per heavy atom. The minimum absolute atomic E-state index is 0.473. The molecule has 0 saturated carbocycles. The number of aryl methyl sites for hydroxylation is 3. The molecule has 0 amide bonds. The molecule has 21 heavy (non-hydrogen) atoms. The van der Waals surface area contributed by atoms with Crippen LogP contribution in [0, 0.1) is 0 Å². The van der Waals surface area contributed by atoms with Crippen LogP contribution in [0.15, 0.2) is 48.5 Å². The van der Waals surface area contributed by atoms with Crippen LogP contribution in [0.2, 0.25) is 0 Å². The minimum atomic E-state index is 0.473. The standard InChI is InChI=1S/C20H25N/c1-21-20(18-8-3-2-4-9-18)12-5-7-16-13-14-17-10-6-11-19(17)15-16/h2-4,8-9,13-15,20-21H,5-7,10-12H2,1H3. The molecule has 0 spiro atoms. The Hall–Kier alpha value is -1.60. The van der Waals surface area contributed by atoms with Crippen LogP contribution in [0.4, 0.5) is 0 Å². The normalized spacial score (nSPS) is 14.9. The van der Waals surface area contributed by atoms with Crippen LogP contribution < -0.4 is 5.32 Å². The molecule has 0 saturated heterocycles. The van der Waals surface area contributed by atoms with Crippen molar-refractivity contribution in [2.45, 2.75) is 44.6 Å². The van der Waals surface area contributed by atoms with Crippen molar-refractivity contribution in [1.82, 2.24) is 5.32 Å². The summed E-state index contributed by atoms with van der Waals surface area (Å²) in [5, 5.41) is 3.45. The van der Waals surface area contributed by atoms with Crippen LogP contribution in [0.5, 0.6) is 0 Å². The van der Waals surface area contributed by atoms with E-state index in [0.29, 0.717) is 6.04 Å². The molecule has 0 aromatic heterocycles. The topological polar surface area (TPSA) is 12.0 Å². The van der Waals surface area contributed by atoms with Gasteiger partial charge in [0, 0.05) is 6.04 Å². The Balaban J connectivity index is 1.55. The summed E-state index contributed by atoms with van der Waals surface area (Å²) in [5.74, 6) is 0. The molecule has 1 aliphatic rings. The molecule has 0 heterocycles. The van der Waals surface area contributed by atoms with E-state index in [0.717, 1.165) is 0 Å². The fraction of sp³-hybridized carbons (Fsp3) is 0.400. The molecule has 3 rings (SSSR count). The van der Waals surface area contributed by atoms with Crippen LogP contribution in [0.3, 0.4) is 0 Å². The van der Waals surface area contributed by atoms with Crippen LogP contribution in [0.25, 0.3) is 0 Å². The molecule has 0 fully saturated rings. The molecular formula is C20H25N. The summed E-state index contributed by atoms with van der Waals surface area (Å²) in [6.07, 6.45) is 7.53. The second kappa shape index (κ2) is 6.91. The van der Waals surface area contributed by atoms with Crippen molar-refractivity contribution in [1.29, 1.82) is 0 Å². The highest BCUT2D eigenvalue weighted by Gasteiger charge is 2.11. The lowest BCUT2D eigenvalue weighted by molar-refractivity contribution is 0.527. The third kappa shape index (κ3) is 3.54. The van der Waals surface area contributed by atoms with Gasteiger partial charge in [0.2, 0.25) is 0 Å². The molecule has 0 aliphatic heterocycles. The number of rotatable bonds is 6. The lowest BCUT2D eigenvalue weighted by atomic mass is 9.98. The van der Waals surface area contributed by atoms with Crippen molar-refractivity contribution >= 4 is 0 Å². The average Bonchev–Trinajstić information content (AvgIpc) is 3.00. The van der Waals surface area contributed by atoms with Gasteiger partial charge in [0.25, 0.3) is 0 Å². The molecule has 1 nitrogen and oxygen atoms in total. The highest BCUT2D eigenvalue weighted by atomic mass is 14.9. The summed E-state index contributed by atoms with van der Waals surface area (Å²) in [6.45, 7) is 0. The van der Waals surface area contributed by atoms with Gasteiger partial charge in [0.1, 0.15) is 0 Å². The molecule has 0 bridgehead atoms. The highest BCUT2D eigenvalue weighted by Crippen LogP contribution is 2.24. The third-order valence-corrected chi connectivity index (χ3v) is 4.67. The smallest absolute Gasteiger partial charge is 0.0317 e. The Kier molecular flexibility index (Phi) is 4.72. The number of nitrogens with one attached hydrogen (secondary N) is 1. The van der Waals surface area contributed by atoms with Crippen molar-refractivity contribution in [3.8, 4) is 0 Å². The van der Waals surface area contributed by atoms with E-state index in [1.807, 2.05) is 0 Å². The zero-order valence-electron chi connectivity index (χ0n) is 12.9. The predicted molar refractivity (Wildman–Crippen MR) is 89.6 cm³/mol. The largest absolute Gasteiger partial charge is 0.313 e. The zero-order valence-corrected chi connectivity index (χ0v) is 12.9. The first-order chi connectivity index (χ1) is 10.4. The maximum Gasteiger partial charge on any atom is 0.0317 e. The minimum Gasteiger partial charge on any atom is -0.313 e. The van der Waals surface area contributed by atoms with E-state index in [2.05, 4.69) is 60.9 Å². The Labute approximate surface area is 128 Å². The molecule has 1 unspecified atom stereocenters. The van der Waals surface area contributed by atoms with Gasteiger partial charge in [0.15, 0.2) is 0 Å². The Bertz CT molecular complexity index is 574. The van der Waals surface area contributed by atoms with E-state index >= 15 is 0 Å². The van der Waals surface area contributed by atoms with Gasteiger partial charge >= 0.3 is 0 Å². The van der Waals surface area contributed by atoms with Gasteiger partial charge in [-0.25, -0.2) is 0 Å². The van der Waals surface area contributed by atoms with Gasteiger partial charge < -0.3 is 5.32 Å². The number of hydrogen-bond donors (Lipinski definition) is 1. The van der Waals surface area contributed by atoms with E-state index < -0.39 is 0 Å². The maximum atomic E-state index is 3.45.